The number of ether oxygens (including phenoxy) is 3. The Hall–Kier alpha value is -2.78. The number of pyridine rings is 1. The number of nitro benzene ring substituents is 1. The number of fused-ring (bicyclic) bond motifs is 1. The maximum Gasteiger partial charge on any atom is 0.311 e. The number of rotatable bonds is 6. The molecule has 3 rings (SSSR count). The molecule has 1 aromatic carbocycles. The fourth-order valence-corrected chi connectivity index (χ4v) is 2.56. The van der Waals surface area contributed by atoms with Gasteiger partial charge in [-0.05, 0) is 18.2 Å². The highest BCUT2D eigenvalue weighted by molar-refractivity contribution is 5.92. The fourth-order valence-electron chi connectivity index (χ4n) is 2.56. The van der Waals surface area contributed by atoms with E-state index in [-0.39, 0.29) is 25.0 Å². The quantitative estimate of drug-likeness (QED) is 0.361. The molecule has 2 heterocycles. The van der Waals surface area contributed by atoms with Crippen molar-refractivity contribution >= 4 is 22.6 Å². The van der Waals surface area contributed by atoms with Crippen LogP contribution in [-0.4, -0.2) is 48.5 Å². The molecule has 1 N–H and O–H groups in total. The monoisotopic (exact) mass is 347 g/mol. The van der Waals surface area contributed by atoms with E-state index >= 15 is 0 Å². The molecule has 1 aromatic heterocycles. The first-order valence-corrected chi connectivity index (χ1v) is 7.78. The van der Waals surface area contributed by atoms with Gasteiger partial charge in [-0.2, -0.15) is 0 Å². The first-order valence-electron chi connectivity index (χ1n) is 7.78. The molecule has 0 bridgehead atoms. The molecule has 2 aromatic rings. The van der Waals surface area contributed by atoms with E-state index in [1.807, 2.05) is 0 Å². The Morgan fingerprint density at radius 2 is 2.32 bits per heavy atom. The van der Waals surface area contributed by atoms with Crippen molar-refractivity contribution in [2.75, 3.05) is 26.5 Å². The number of nitrogens with one attached hydrogen (secondary N) is 1. The molecule has 1 aliphatic heterocycles. The minimum Gasteiger partial charge on any atom is -0.455 e. The highest BCUT2D eigenvalue weighted by Crippen LogP contribution is 2.31. The maximum absolute atomic E-state index is 11.8. The summed E-state index contributed by atoms with van der Waals surface area (Å²) in [5.41, 5.74) is 0.280. The SMILES string of the molecule is O=C(CC1CNCCO1)OCOc1ccc([N+](=O)[O-])c2cccnc12. The predicted molar refractivity (Wildman–Crippen MR) is 87.2 cm³/mol. The second-order valence-corrected chi connectivity index (χ2v) is 5.42. The summed E-state index contributed by atoms with van der Waals surface area (Å²) in [6, 6.07) is 5.97. The Labute approximate surface area is 143 Å². The summed E-state index contributed by atoms with van der Waals surface area (Å²) < 4.78 is 15.9. The van der Waals surface area contributed by atoms with Crippen LogP contribution in [0.3, 0.4) is 0 Å². The Balaban J connectivity index is 1.60. The highest BCUT2D eigenvalue weighted by Gasteiger charge is 2.19. The summed E-state index contributed by atoms with van der Waals surface area (Å²) in [6.45, 7) is 1.64. The lowest BCUT2D eigenvalue weighted by molar-refractivity contribution is -0.383. The van der Waals surface area contributed by atoms with Crippen molar-refractivity contribution in [3.63, 3.8) is 0 Å². The van der Waals surface area contributed by atoms with Gasteiger partial charge in [0, 0.05) is 25.4 Å². The Bertz CT molecular complexity index is 776. The summed E-state index contributed by atoms with van der Waals surface area (Å²) in [5, 5.41) is 14.6. The van der Waals surface area contributed by atoms with Gasteiger partial charge in [0.05, 0.1) is 29.4 Å². The molecule has 0 radical (unpaired) electrons. The van der Waals surface area contributed by atoms with E-state index in [1.54, 1.807) is 12.1 Å². The van der Waals surface area contributed by atoms with Crippen LogP contribution >= 0.6 is 0 Å². The molecule has 1 saturated heterocycles. The number of carbonyl (C=O) groups is 1. The second-order valence-electron chi connectivity index (χ2n) is 5.42. The lowest BCUT2D eigenvalue weighted by Gasteiger charge is -2.22. The van der Waals surface area contributed by atoms with Crippen LogP contribution in [0.1, 0.15) is 6.42 Å². The maximum atomic E-state index is 11.8. The number of esters is 1. The molecule has 1 aliphatic rings. The van der Waals surface area contributed by atoms with Gasteiger partial charge < -0.3 is 19.5 Å². The summed E-state index contributed by atoms with van der Waals surface area (Å²) in [5.74, 6) is -0.127. The molecule has 1 fully saturated rings. The van der Waals surface area contributed by atoms with Gasteiger partial charge in [0.15, 0.2) is 0 Å². The molecule has 0 amide bonds. The van der Waals surface area contributed by atoms with Gasteiger partial charge in [-0.15, -0.1) is 0 Å². The minimum absolute atomic E-state index is 0.0607. The fraction of sp³-hybridized carbons (Fsp3) is 0.375. The number of carbonyl (C=O) groups excluding carboxylic acids is 1. The lowest BCUT2D eigenvalue weighted by Crippen LogP contribution is -2.39. The van der Waals surface area contributed by atoms with Crippen molar-refractivity contribution in [1.82, 2.24) is 10.3 Å². The number of non-ortho nitro benzene ring substituents is 1. The van der Waals surface area contributed by atoms with Crippen LogP contribution in [0.15, 0.2) is 30.5 Å². The van der Waals surface area contributed by atoms with Crippen LogP contribution in [0, 0.1) is 10.1 Å². The summed E-state index contributed by atoms with van der Waals surface area (Å²) >= 11 is 0. The summed E-state index contributed by atoms with van der Waals surface area (Å²) in [4.78, 5) is 26.5. The van der Waals surface area contributed by atoms with E-state index in [0.29, 0.717) is 29.8 Å². The first-order chi connectivity index (χ1) is 12.1. The first kappa shape index (κ1) is 17.1. The van der Waals surface area contributed by atoms with Crippen molar-refractivity contribution < 1.29 is 23.9 Å². The molecule has 0 aliphatic carbocycles. The van der Waals surface area contributed by atoms with Gasteiger partial charge in [-0.25, -0.2) is 0 Å². The summed E-state index contributed by atoms with van der Waals surface area (Å²) in [7, 11) is 0. The highest BCUT2D eigenvalue weighted by atomic mass is 16.7. The Morgan fingerprint density at radius 3 is 3.08 bits per heavy atom. The van der Waals surface area contributed by atoms with E-state index in [0.717, 1.165) is 6.54 Å². The van der Waals surface area contributed by atoms with Gasteiger partial charge >= 0.3 is 5.97 Å². The van der Waals surface area contributed by atoms with E-state index < -0.39 is 10.9 Å². The van der Waals surface area contributed by atoms with Crippen LogP contribution in [0.25, 0.3) is 10.9 Å². The van der Waals surface area contributed by atoms with Gasteiger partial charge in [0.25, 0.3) is 5.69 Å². The average molecular weight is 347 g/mol. The van der Waals surface area contributed by atoms with Crippen molar-refractivity contribution in [2.24, 2.45) is 0 Å². The average Bonchev–Trinajstić information content (AvgIpc) is 2.62. The number of aromatic nitrogens is 1. The molecule has 0 saturated carbocycles. The smallest absolute Gasteiger partial charge is 0.311 e. The van der Waals surface area contributed by atoms with Gasteiger partial charge in [-0.3, -0.25) is 19.9 Å². The second kappa shape index (κ2) is 7.86. The normalized spacial score (nSPS) is 17.2. The van der Waals surface area contributed by atoms with Crippen molar-refractivity contribution in [3.05, 3.63) is 40.6 Å². The third-order valence-electron chi connectivity index (χ3n) is 3.74. The number of nitrogens with zero attached hydrogens (tertiary/aromatic N) is 2. The van der Waals surface area contributed by atoms with Crippen LogP contribution < -0.4 is 10.1 Å². The molecule has 1 unspecified atom stereocenters. The van der Waals surface area contributed by atoms with Crippen LogP contribution in [0.5, 0.6) is 5.75 Å². The third kappa shape index (κ3) is 4.20. The number of nitro groups is 1. The Kier molecular flexibility index (Phi) is 5.36. The molecule has 132 valence electrons. The third-order valence-corrected chi connectivity index (χ3v) is 3.74. The van der Waals surface area contributed by atoms with Crippen LogP contribution in [0.4, 0.5) is 5.69 Å². The van der Waals surface area contributed by atoms with E-state index in [2.05, 4.69) is 10.3 Å². The Morgan fingerprint density at radius 1 is 1.44 bits per heavy atom. The van der Waals surface area contributed by atoms with E-state index in [4.69, 9.17) is 14.2 Å². The van der Waals surface area contributed by atoms with Crippen LogP contribution in [-0.2, 0) is 14.3 Å². The molecule has 1 atom stereocenters. The minimum atomic E-state index is -0.480. The summed E-state index contributed by atoms with van der Waals surface area (Å²) in [6.07, 6.45) is 1.44. The number of hydrogen-bond donors (Lipinski definition) is 1. The zero-order chi connectivity index (χ0) is 17.6. The van der Waals surface area contributed by atoms with Crippen LogP contribution in [0.2, 0.25) is 0 Å². The molecule has 25 heavy (non-hydrogen) atoms. The number of hydrogen-bond acceptors (Lipinski definition) is 8. The predicted octanol–water partition coefficient (Wildman–Crippen LogP) is 1.40. The number of benzene rings is 1. The standard InChI is InChI=1S/C16H17N3O6/c20-15(8-11-9-17-6-7-23-11)25-10-24-14-4-3-13(19(21)22)12-2-1-5-18-16(12)14/h1-5,11,17H,6-10H2. The number of morpholine rings is 1. The largest absolute Gasteiger partial charge is 0.455 e. The molecule has 9 nitrogen and oxygen atoms in total. The van der Waals surface area contributed by atoms with Gasteiger partial charge in [-0.1, -0.05) is 0 Å². The molecule has 9 heteroatoms. The van der Waals surface area contributed by atoms with E-state index in [9.17, 15) is 14.9 Å². The van der Waals surface area contributed by atoms with Gasteiger partial charge in [0.1, 0.15) is 11.3 Å². The van der Waals surface area contributed by atoms with Crippen molar-refractivity contribution in [2.45, 2.75) is 12.5 Å². The van der Waals surface area contributed by atoms with Gasteiger partial charge in [0.2, 0.25) is 6.79 Å². The zero-order valence-electron chi connectivity index (χ0n) is 13.3. The zero-order valence-corrected chi connectivity index (χ0v) is 13.3. The molecule has 0 spiro atoms. The topological polar surface area (TPSA) is 113 Å². The van der Waals surface area contributed by atoms with Crippen molar-refractivity contribution in [1.29, 1.82) is 0 Å². The molecular weight excluding hydrogens is 330 g/mol. The lowest BCUT2D eigenvalue weighted by atomic mass is 10.1. The van der Waals surface area contributed by atoms with E-state index in [1.165, 1.54) is 18.3 Å². The molecular formula is C16H17N3O6. The van der Waals surface area contributed by atoms with Crippen molar-refractivity contribution in [3.8, 4) is 5.75 Å².